The fourth-order valence-electron chi connectivity index (χ4n) is 1.77. The molecule has 0 aliphatic rings. The lowest BCUT2D eigenvalue weighted by molar-refractivity contribution is 0.179. The summed E-state index contributed by atoms with van der Waals surface area (Å²) in [5.41, 5.74) is 2.07. The number of hydrogen-bond donors (Lipinski definition) is 1. The molecule has 18 heavy (non-hydrogen) atoms. The van der Waals surface area contributed by atoms with Crippen molar-refractivity contribution in [3.8, 4) is 0 Å². The highest BCUT2D eigenvalue weighted by Crippen LogP contribution is 2.29. The molecule has 1 heterocycles. The van der Waals surface area contributed by atoms with Crippen molar-refractivity contribution in [2.75, 3.05) is 19.0 Å². The normalized spacial score (nSPS) is 12.4. The average Bonchev–Trinajstić information content (AvgIpc) is 2.75. The van der Waals surface area contributed by atoms with Gasteiger partial charge in [-0.05, 0) is 45.1 Å². The molecule has 1 unspecified atom stereocenters. The molecular weight excluding hydrogens is 310 g/mol. The van der Waals surface area contributed by atoms with Crippen molar-refractivity contribution >= 4 is 33.0 Å². The van der Waals surface area contributed by atoms with Crippen molar-refractivity contribution in [2.24, 2.45) is 0 Å². The first-order valence-corrected chi connectivity index (χ1v) is 7.42. The van der Waals surface area contributed by atoms with Crippen LogP contribution in [0, 0.1) is 0 Å². The predicted octanol–water partition coefficient (Wildman–Crippen LogP) is 3.85. The van der Waals surface area contributed by atoms with Gasteiger partial charge in [0.25, 0.3) is 0 Å². The molecule has 0 saturated carbocycles. The number of benzene rings is 1. The van der Waals surface area contributed by atoms with Crippen LogP contribution >= 0.6 is 27.3 Å². The van der Waals surface area contributed by atoms with E-state index in [1.807, 2.05) is 54.7 Å². The lowest BCUT2D eigenvalue weighted by atomic mass is 10.0. The summed E-state index contributed by atoms with van der Waals surface area (Å²) < 4.78 is 1.08. The number of rotatable bonds is 4. The summed E-state index contributed by atoms with van der Waals surface area (Å²) in [4.78, 5) is 3.22. The molecule has 0 radical (unpaired) electrons. The van der Waals surface area contributed by atoms with Gasteiger partial charge in [0, 0.05) is 35.6 Å². The molecule has 4 heteroatoms. The van der Waals surface area contributed by atoms with Gasteiger partial charge in [-0.25, -0.2) is 0 Å². The zero-order chi connectivity index (χ0) is 13.1. The van der Waals surface area contributed by atoms with Gasteiger partial charge in [-0.1, -0.05) is 12.1 Å². The zero-order valence-corrected chi connectivity index (χ0v) is 12.8. The standard InChI is InChI=1S/C14H16BrNOS/c1-16(2)11-5-3-4-10(8-11)13(17)9-14-12(15)6-7-18-14/h3-8,13,17H,9H2,1-2H3. The third kappa shape index (κ3) is 3.13. The first kappa shape index (κ1) is 13.6. The van der Waals surface area contributed by atoms with Gasteiger partial charge in [0.05, 0.1) is 6.10 Å². The Bertz CT molecular complexity index is 524. The summed E-state index contributed by atoms with van der Waals surface area (Å²) in [6, 6.07) is 10.0. The smallest absolute Gasteiger partial charge is 0.0839 e. The highest BCUT2D eigenvalue weighted by molar-refractivity contribution is 9.10. The molecule has 1 atom stereocenters. The number of halogens is 1. The van der Waals surface area contributed by atoms with E-state index in [9.17, 15) is 5.11 Å². The van der Waals surface area contributed by atoms with Crippen LogP contribution in [-0.4, -0.2) is 19.2 Å². The number of aliphatic hydroxyl groups is 1. The van der Waals surface area contributed by atoms with Crippen LogP contribution in [0.3, 0.4) is 0 Å². The van der Waals surface area contributed by atoms with Crippen molar-refractivity contribution in [1.29, 1.82) is 0 Å². The third-order valence-electron chi connectivity index (χ3n) is 2.84. The molecule has 1 N–H and O–H groups in total. The molecule has 2 nitrogen and oxygen atoms in total. The minimum atomic E-state index is -0.458. The number of aliphatic hydroxyl groups excluding tert-OH is 1. The lowest BCUT2D eigenvalue weighted by Gasteiger charge is -2.16. The van der Waals surface area contributed by atoms with E-state index >= 15 is 0 Å². The number of hydrogen-bond acceptors (Lipinski definition) is 3. The highest BCUT2D eigenvalue weighted by atomic mass is 79.9. The first-order chi connectivity index (χ1) is 8.58. The average molecular weight is 326 g/mol. The molecule has 1 aromatic heterocycles. The number of anilines is 1. The molecule has 0 amide bonds. The minimum absolute atomic E-state index is 0.458. The van der Waals surface area contributed by atoms with E-state index in [1.165, 1.54) is 4.88 Å². The van der Waals surface area contributed by atoms with Crippen LogP contribution in [0.1, 0.15) is 16.5 Å². The Morgan fingerprint density at radius 2 is 2.11 bits per heavy atom. The van der Waals surface area contributed by atoms with E-state index in [0.29, 0.717) is 6.42 Å². The monoisotopic (exact) mass is 325 g/mol. The maximum absolute atomic E-state index is 10.3. The second kappa shape index (κ2) is 5.87. The first-order valence-electron chi connectivity index (χ1n) is 5.75. The van der Waals surface area contributed by atoms with Gasteiger partial charge in [-0.2, -0.15) is 0 Å². The Labute approximate surface area is 120 Å². The Morgan fingerprint density at radius 1 is 1.33 bits per heavy atom. The SMILES string of the molecule is CN(C)c1cccc(C(O)Cc2sccc2Br)c1. The van der Waals surface area contributed by atoms with Crippen LogP contribution in [0.5, 0.6) is 0 Å². The van der Waals surface area contributed by atoms with Gasteiger partial charge >= 0.3 is 0 Å². The van der Waals surface area contributed by atoms with Crippen molar-refractivity contribution in [2.45, 2.75) is 12.5 Å². The van der Waals surface area contributed by atoms with Crippen molar-refractivity contribution in [1.82, 2.24) is 0 Å². The highest BCUT2D eigenvalue weighted by Gasteiger charge is 2.12. The van der Waals surface area contributed by atoms with Gasteiger partial charge in [0.15, 0.2) is 0 Å². The van der Waals surface area contributed by atoms with Gasteiger partial charge < -0.3 is 10.0 Å². The Kier molecular flexibility index (Phi) is 4.43. The summed E-state index contributed by atoms with van der Waals surface area (Å²) in [6.45, 7) is 0. The Morgan fingerprint density at radius 3 is 2.72 bits per heavy atom. The fourth-order valence-corrected chi connectivity index (χ4v) is 3.33. The summed E-state index contributed by atoms with van der Waals surface area (Å²) in [5, 5.41) is 12.3. The summed E-state index contributed by atoms with van der Waals surface area (Å²) >= 11 is 5.16. The lowest BCUT2D eigenvalue weighted by Crippen LogP contribution is -2.09. The van der Waals surface area contributed by atoms with E-state index in [1.54, 1.807) is 11.3 Å². The number of thiophene rings is 1. The molecule has 0 aliphatic heterocycles. The second-order valence-corrected chi connectivity index (χ2v) is 6.26. The molecule has 0 fully saturated rings. The second-order valence-electron chi connectivity index (χ2n) is 4.40. The topological polar surface area (TPSA) is 23.5 Å². The van der Waals surface area contributed by atoms with Crippen LogP contribution < -0.4 is 4.90 Å². The maximum atomic E-state index is 10.3. The zero-order valence-electron chi connectivity index (χ0n) is 10.4. The molecular formula is C14H16BrNOS. The molecule has 0 bridgehead atoms. The largest absolute Gasteiger partial charge is 0.388 e. The van der Waals surface area contributed by atoms with Crippen LogP contribution in [-0.2, 0) is 6.42 Å². The number of nitrogens with zero attached hydrogens (tertiary/aromatic N) is 1. The van der Waals surface area contributed by atoms with E-state index in [2.05, 4.69) is 15.9 Å². The van der Waals surface area contributed by atoms with E-state index in [0.717, 1.165) is 15.7 Å². The minimum Gasteiger partial charge on any atom is -0.388 e. The summed E-state index contributed by atoms with van der Waals surface area (Å²) in [5.74, 6) is 0. The Balaban J connectivity index is 2.16. The molecule has 2 aromatic rings. The van der Waals surface area contributed by atoms with Gasteiger partial charge in [-0.15, -0.1) is 11.3 Å². The van der Waals surface area contributed by atoms with Gasteiger partial charge in [-0.3, -0.25) is 0 Å². The third-order valence-corrected chi connectivity index (χ3v) is 4.79. The van der Waals surface area contributed by atoms with E-state index in [-0.39, 0.29) is 0 Å². The fraction of sp³-hybridized carbons (Fsp3) is 0.286. The predicted molar refractivity (Wildman–Crippen MR) is 81.5 cm³/mol. The van der Waals surface area contributed by atoms with Crippen molar-refractivity contribution < 1.29 is 5.11 Å². The molecule has 0 saturated heterocycles. The van der Waals surface area contributed by atoms with Gasteiger partial charge in [0.1, 0.15) is 0 Å². The Hall–Kier alpha value is -0.840. The van der Waals surface area contributed by atoms with E-state index in [4.69, 9.17) is 0 Å². The van der Waals surface area contributed by atoms with Crippen molar-refractivity contribution in [3.63, 3.8) is 0 Å². The van der Waals surface area contributed by atoms with Crippen molar-refractivity contribution in [3.05, 3.63) is 50.6 Å². The molecule has 2 rings (SSSR count). The van der Waals surface area contributed by atoms with Crippen LogP contribution in [0.2, 0.25) is 0 Å². The maximum Gasteiger partial charge on any atom is 0.0839 e. The van der Waals surface area contributed by atoms with E-state index < -0.39 is 6.10 Å². The van der Waals surface area contributed by atoms with Crippen LogP contribution in [0.25, 0.3) is 0 Å². The molecule has 0 spiro atoms. The molecule has 0 aliphatic carbocycles. The van der Waals surface area contributed by atoms with Crippen LogP contribution in [0.15, 0.2) is 40.2 Å². The molecule has 96 valence electrons. The quantitative estimate of drug-likeness (QED) is 0.922. The van der Waals surface area contributed by atoms with Gasteiger partial charge in [0.2, 0.25) is 0 Å². The summed E-state index contributed by atoms with van der Waals surface area (Å²) in [6.07, 6.45) is 0.189. The van der Waals surface area contributed by atoms with Crippen LogP contribution in [0.4, 0.5) is 5.69 Å². The molecule has 1 aromatic carbocycles. The summed E-state index contributed by atoms with van der Waals surface area (Å²) in [7, 11) is 4.00.